The lowest BCUT2D eigenvalue weighted by atomic mass is 10.1. The van der Waals surface area contributed by atoms with Crippen LogP contribution in [-0.4, -0.2) is 0 Å². The first-order chi connectivity index (χ1) is 7.45. The molecule has 2 rings (SSSR count). The summed E-state index contributed by atoms with van der Waals surface area (Å²) in [5.41, 5.74) is 3.02. The summed E-state index contributed by atoms with van der Waals surface area (Å²) in [7, 11) is 0. The van der Waals surface area contributed by atoms with E-state index in [9.17, 15) is 0 Å². The van der Waals surface area contributed by atoms with E-state index in [1.807, 2.05) is 0 Å². The first-order valence-corrected chi connectivity index (χ1v) is 7.36. The SMILES string of the molecule is c1cc(CCCCCc2ccsc2)cs1. The van der Waals surface area contributed by atoms with E-state index < -0.39 is 0 Å². The van der Waals surface area contributed by atoms with Gasteiger partial charge in [-0.05, 0) is 70.5 Å². The summed E-state index contributed by atoms with van der Waals surface area (Å²) < 4.78 is 0. The van der Waals surface area contributed by atoms with Crippen molar-refractivity contribution >= 4 is 22.7 Å². The van der Waals surface area contributed by atoms with Crippen molar-refractivity contribution in [3.05, 3.63) is 44.8 Å². The Labute approximate surface area is 99.6 Å². The van der Waals surface area contributed by atoms with Crippen molar-refractivity contribution in [1.82, 2.24) is 0 Å². The van der Waals surface area contributed by atoms with Gasteiger partial charge in [0.15, 0.2) is 0 Å². The van der Waals surface area contributed by atoms with Crippen LogP contribution < -0.4 is 0 Å². The zero-order valence-electron chi connectivity index (χ0n) is 8.82. The summed E-state index contributed by atoms with van der Waals surface area (Å²) in [5, 5.41) is 8.86. The van der Waals surface area contributed by atoms with Crippen LogP contribution >= 0.6 is 22.7 Å². The summed E-state index contributed by atoms with van der Waals surface area (Å²) in [4.78, 5) is 0. The molecule has 80 valence electrons. The Morgan fingerprint density at radius 2 is 1.27 bits per heavy atom. The van der Waals surface area contributed by atoms with Gasteiger partial charge in [0.25, 0.3) is 0 Å². The fourth-order valence-corrected chi connectivity index (χ4v) is 3.11. The number of thiophene rings is 2. The van der Waals surface area contributed by atoms with Crippen LogP contribution in [0.1, 0.15) is 30.4 Å². The molecule has 0 radical (unpaired) electrons. The molecule has 0 aliphatic carbocycles. The molecule has 0 fully saturated rings. The molecule has 2 heteroatoms. The molecule has 2 heterocycles. The van der Waals surface area contributed by atoms with Gasteiger partial charge < -0.3 is 0 Å². The van der Waals surface area contributed by atoms with Crippen LogP contribution in [0.3, 0.4) is 0 Å². The zero-order valence-corrected chi connectivity index (χ0v) is 10.4. The Morgan fingerprint density at radius 1 is 0.733 bits per heavy atom. The highest BCUT2D eigenvalue weighted by molar-refractivity contribution is 7.08. The molecule has 2 aromatic heterocycles. The normalized spacial score (nSPS) is 10.7. The highest BCUT2D eigenvalue weighted by Crippen LogP contribution is 2.13. The lowest BCUT2D eigenvalue weighted by molar-refractivity contribution is 0.680. The molecule has 0 nitrogen and oxygen atoms in total. The fourth-order valence-electron chi connectivity index (χ4n) is 1.70. The van der Waals surface area contributed by atoms with Crippen LogP contribution in [0.5, 0.6) is 0 Å². The van der Waals surface area contributed by atoms with Crippen molar-refractivity contribution in [2.45, 2.75) is 32.1 Å². The minimum Gasteiger partial charge on any atom is -0.152 e. The second-order valence-corrected chi connectivity index (χ2v) is 5.38. The van der Waals surface area contributed by atoms with Crippen molar-refractivity contribution in [3.8, 4) is 0 Å². The van der Waals surface area contributed by atoms with Gasteiger partial charge in [0, 0.05) is 0 Å². The number of unbranched alkanes of at least 4 members (excludes halogenated alkanes) is 2. The number of aryl methyl sites for hydroxylation is 2. The van der Waals surface area contributed by atoms with Crippen LogP contribution in [-0.2, 0) is 12.8 Å². The van der Waals surface area contributed by atoms with Crippen molar-refractivity contribution < 1.29 is 0 Å². The summed E-state index contributed by atoms with van der Waals surface area (Å²) in [5.74, 6) is 0. The topological polar surface area (TPSA) is 0 Å². The highest BCUT2D eigenvalue weighted by atomic mass is 32.1. The van der Waals surface area contributed by atoms with Gasteiger partial charge in [-0.25, -0.2) is 0 Å². The van der Waals surface area contributed by atoms with Crippen molar-refractivity contribution in [1.29, 1.82) is 0 Å². The van der Waals surface area contributed by atoms with Gasteiger partial charge in [-0.2, -0.15) is 22.7 Å². The molecule has 0 aromatic carbocycles. The van der Waals surface area contributed by atoms with Gasteiger partial charge in [0.2, 0.25) is 0 Å². The molecule has 0 saturated heterocycles. The molecule has 0 unspecified atom stereocenters. The van der Waals surface area contributed by atoms with Crippen LogP contribution in [0.25, 0.3) is 0 Å². The van der Waals surface area contributed by atoms with E-state index in [1.165, 1.54) is 43.2 Å². The predicted molar refractivity (Wildman–Crippen MR) is 69.9 cm³/mol. The van der Waals surface area contributed by atoms with Crippen molar-refractivity contribution in [2.24, 2.45) is 0 Å². The third-order valence-corrected chi connectivity index (χ3v) is 4.06. The van der Waals surface area contributed by atoms with Gasteiger partial charge in [-0.3, -0.25) is 0 Å². The minimum absolute atomic E-state index is 1.26. The van der Waals surface area contributed by atoms with E-state index in [4.69, 9.17) is 0 Å². The number of hydrogen-bond acceptors (Lipinski definition) is 2. The molecular weight excluding hydrogens is 220 g/mol. The summed E-state index contributed by atoms with van der Waals surface area (Å²) in [6, 6.07) is 4.48. The van der Waals surface area contributed by atoms with E-state index in [2.05, 4.69) is 33.7 Å². The van der Waals surface area contributed by atoms with Crippen LogP contribution in [0.2, 0.25) is 0 Å². The maximum Gasteiger partial charge on any atom is -0.00613 e. The van der Waals surface area contributed by atoms with Crippen molar-refractivity contribution in [3.63, 3.8) is 0 Å². The van der Waals surface area contributed by atoms with Gasteiger partial charge in [0.05, 0.1) is 0 Å². The van der Waals surface area contributed by atoms with Gasteiger partial charge in [-0.1, -0.05) is 6.42 Å². The number of rotatable bonds is 6. The average molecular weight is 236 g/mol. The molecule has 0 amide bonds. The predicted octanol–water partition coefficient (Wildman–Crippen LogP) is 4.77. The minimum atomic E-state index is 1.26. The summed E-state index contributed by atoms with van der Waals surface area (Å²) >= 11 is 3.61. The summed E-state index contributed by atoms with van der Waals surface area (Å²) in [6.45, 7) is 0. The number of hydrogen-bond donors (Lipinski definition) is 0. The lowest BCUT2D eigenvalue weighted by Gasteiger charge is -1.99. The van der Waals surface area contributed by atoms with E-state index >= 15 is 0 Å². The van der Waals surface area contributed by atoms with Crippen molar-refractivity contribution in [2.75, 3.05) is 0 Å². The Hall–Kier alpha value is -0.600. The van der Waals surface area contributed by atoms with Gasteiger partial charge >= 0.3 is 0 Å². The molecule has 0 aliphatic rings. The molecule has 0 aliphatic heterocycles. The van der Waals surface area contributed by atoms with E-state index in [0.29, 0.717) is 0 Å². The van der Waals surface area contributed by atoms with Gasteiger partial charge in [0.1, 0.15) is 0 Å². The molecule has 0 atom stereocenters. The zero-order chi connectivity index (χ0) is 10.3. The van der Waals surface area contributed by atoms with Crippen LogP contribution in [0.4, 0.5) is 0 Å². The van der Waals surface area contributed by atoms with E-state index in [0.717, 1.165) is 0 Å². The average Bonchev–Trinajstić information content (AvgIpc) is 2.88. The molecule has 15 heavy (non-hydrogen) atoms. The monoisotopic (exact) mass is 236 g/mol. The first-order valence-electron chi connectivity index (χ1n) is 5.47. The maximum absolute atomic E-state index is 2.26. The molecule has 0 N–H and O–H groups in total. The molecule has 2 aromatic rings. The van der Waals surface area contributed by atoms with Gasteiger partial charge in [-0.15, -0.1) is 0 Å². The second kappa shape index (κ2) is 6.09. The van der Waals surface area contributed by atoms with Crippen LogP contribution in [0, 0.1) is 0 Å². The Balaban J connectivity index is 1.56. The molecule has 0 saturated carbocycles. The first kappa shape index (κ1) is 10.9. The van der Waals surface area contributed by atoms with E-state index in [1.54, 1.807) is 22.7 Å². The molecule has 0 bridgehead atoms. The quantitative estimate of drug-likeness (QED) is 0.634. The third-order valence-electron chi connectivity index (χ3n) is 2.59. The lowest BCUT2D eigenvalue weighted by Crippen LogP contribution is -1.85. The Bertz CT molecular complexity index is 310. The molecule has 0 spiro atoms. The smallest absolute Gasteiger partial charge is 0.00613 e. The largest absolute Gasteiger partial charge is 0.152 e. The van der Waals surface area contributed by atoms with E-state index in [-0.39, 0.29) is 0 Å². The highest BCUT2D eigenvalue weighted by Gasteiger charge is 1.95. The standard InChI is InChI=1S/C13H16S2/c1(2-4-12-6-8-14-10-12)3-5-13-7-9-15-11-13/h6-11H,1-5H2. The maximum atomic E-state index is 2.26. The third kappa shape index (κ3) is 3.80. The molecular formula is C13H16S2. The fraction of sp³-hybridized carbons (Fsp3) is 0.385. The van der Waals surface area contributed by atoms with Crippen LogP contribution in [0.15, 0.2) is 33.7 Å². The summed E-state index contributed by atoms with van der Waals surface area (Å²) in [6.07, 6.45) is 6.54. The second-order valence-electron chi connectivity index (χ2n) is 3.82. The Kier molecular flexibility index (Phi) is 4.42. The Morgan fingerprint density at radius 3 is 1.67 bits per heavy atom.